The molecule has 2 atom stereocenters. The van der Waals surface area contributed by atoms with Gasteiger partial charge in [-0.25, -0.2) is 19.2 Å². The number of rotatable bonds is 9. The lowest BCUT2D eigenvalue weighted by atomic mass is 10.0. The number of nitrogens with zero attached hydrogens (tertiary/aromatic N) is 4. The van der Waals surface area contributed by atoms with Crippen molar-refractivity contribution in [1.29, 1.82) is 0 Å². The van der Waals surface area contributed by atoms with Crippen molar-refractivity contribution in [2.24, 2.45) is 0 Å². The van der Waals surface area contributed by atoms with E-state index in [0.717, 1.165) is 5.56 Å². The summed E-state index contributed by atoms with van der Waals surface area (Å²) in [5.41, 5.74) is 1.41. The van der Waals surface area contributed by atoms with Crippen LogP contribution in [0.15, 0.2) is 54.6 Å². The van der Waals surface area contributed by atoms with Gasteiger partial charge in [-0.05, 0) is 18.1 Å². The van der Waals surface area contributed by atoms with Crippen molar-refractivity contribution in [1.82, 2.24) is 25.1 Å². The molecule has 2 aromatic rings. The fraction of sp³-hybridized carbons (Fsp3) is 0.444. The topological polar surface area (TPSA) is 85.4 Å². The van der Waals surface area contributed by atoms with Crippen molar-refractivity contribution in [3.8, 4) is 0 Å². The van der Waals surface area contributed by atoms with Crippen LogP contribution in [0.3, 0.4) is 0 Å². The summed E-state index contributed by atoms with van der Waals surface area (Å²) in [5.74, 6) is -0.673. The summed E-state index contributed by atoms with van der Waals surface area (Å²) in [6.07, 6.45) is 0.570. The van der Waals surface area contributed by atoms with Crippen LogP contribution < -0.4 is 5.32 Å². The molecular formula is C27H34FN5O4. The van der Waals surface area contributed by atoms with E-state index in [1.807, 2.05) is 37.3 Å². The van der Waals surface area contributed by atoms with Gasteiger partial charge in [0.25, 0.3) is 0 Å². The van der Waals surface area contributed by atoms with Crippen molar-refractivity contribution < 1.29 is 23.5 Å². The molecule has 1 N–H and O–H groups in total. The van der Waals surface area contributed by atoms with Crippen molar-refractivity contribution in [3.05, 3.63) is 71.5 Å². The minimum atomic E-state index is -0.652. The summed E-state index contributed by atoms with van der Waals surface area (Å²) in [4.78, 5) is 43.0. The number of hydrazine groups is 1. The molecule has 2 fully saturated rings. The normalized spacial score (nSPS) is 20.2. The van der Waals surface area contributed by atoms with Gasteiger partial charge in [-0.2, -0.15) is 0 Å². The summed E-state index contributed by atoms with van der Waals surface area (Å²) >= 11 is 0. The third-order valence-electron chi connectivity index (χ3n) is 6.72. The smallest absolute Gasteiger partial charge is 0.334 e. The maximum atomic E-state index is 13.9. The average Bonchev–Trinajstić information content (AvgIpc) is 2.89. The molecule has 0 spiro atoms. The molecule has 2 aromatic carbocycles. The fourth-order valence-electron chi connectivity index (χ4n) is 4.88. The summed E-state index contributed by atoms with van der Waals surface area (Å²) in [7, 11) is 1.70. The molecule has 0 radical (unpaired) electrons. The predicted octanol–water partition coefficient (Wildman–Crippen LogP) is 2.58. The molecule has 2 heterocycles. The number of nitrogens with one attached hydrogen (secondary N) is 1. The lowest BCUT2D eigenvalue weighted by Crippen LogP contribution is -2.76. The van der Waals surface area contributed by atoms with Crippen molar-refractivity contribution in [3.63, 3.8) is 0 Å². The Hall–Kier alpha value is -3.50. The van der Waals surface area contributed by atoms with Crippen LogP contribution in [0.4, 0.5) is 9.18 Å². The number of ether oxygens (including phenoxy) is 1. The first-order valence-electron chi connectivity index (χ1n) is 12.6. The summed E-state index contributed by atoms with van der Waals surface area (Å²) in [6.45, 7) is 3.05. The second kappa shape index (κ2) is 12.2. The predicted molar refractivity (Wildman–Crippen MR) is 135 cm³/mol. The average molecular weight is 512 g/mol. The number of hydrogen-bond acceptors (Lipinski definition) is 5. The van der Waals surface area contributed by atoms with Gasteiger partial charge in [0.1, 0.15) is 18.0 Å². The Morgan fingerprint density at radius 3 is 2.57 bits per heavy atom. The third-order valence-corrected chi connectivity index (χ3v) is 6.72. The van der Waals surface area contributed by atoms with Crippen molar-refractivity contribution >= 4 is 17.8 Å². The third kappa shape index (κ3) is 6.08. The van der Waals surface area contributed by atoms with Crippen molar-refractivity contribution in [2.45, 2.75) is 45.1 Å². The first-order valence-corrected chi connectivity index (χ1v) is 12.6. The van der Waals surface area contributed by atoms with Gasteiger partial charge in [0.2, 0.25) is 11.8 Å². The Labute approximate surface area is 216 Å². The Morgan fingerprint density at radius 1 is 1.11 bits per heavy atom. The van der Waals surface area contributed by atoms with Gasteiger partial charge in [-0.15, -0.1) is 0 Å². The Balaban J connectivity index is 1.46. The van der Waals surface area contributed by atoms with E-state index in [4.69, 9.17) is 4.74 Å². The van der Waals surface area contributed by atoms with E-state index in [2.05, 4.69) is 5.32 Å². The SMILES string of the molecule is CCC[C@H]1C(=O)N(CCOCc2ccccc2F)C[C@H]2N1C(=O)CN(C)N2C(=O)NCc1ccccc1. The molecule has 37 heavy (non-hydrogen) atoms. The number of carbonyl (C=O) groups is 3. The van der Waals surface area contributed by atoms with E-state index in [0.29, 0.717) is 24.9 Å². The highest BCUT2D eigenvalue weighted by Crippen LogP contribution is 2.27. The molecule has 4 amide bonds. The maximum absolute atomic E-state index is 13.9. The number of urea groups is 1. The number of fused-ring (bicyclic) bond motifs is 1. The van der Waals surface area contributed by atoms with Crippen LogP contribution in [0.2, 0.25) is 0 Å². The standard InChI is InChI=1S/C27H34FN5O4/c1-3-9-23-26(35)31(14-15-37-19-21-12-7-8-13-22(21)28)17-24-32(23)25(34)18-30(2)33(24)27(36)29-16-20-10-5-4-6-11-20/h4-8,10-13,23-24H,3,9,14-19H2,1-2H3,(H,29,36)/t23-,24-/m0/s1. The summed E-state index contributed by atoms with van der Waals surface area (Å²) < 4.78 is 19.6. The van der Waals surface area contributed by atoms with E-state index in [-0.39, 0.29) is 56.5 Å². The first kappa shape index (κ1) is 26.6. The lowest BCUT2D eigenvalue weighted by molar-refractivity contribution is -0.188. The molecule has 0 unspecified atom stereocenters. The van der Waals surface area contributed by atoms with Crippen LogP contribution in [0.5, 0.6) is 0 Å². The Kier molecular flexibility index (Phi) is 8.73. The maximum Gasteiger partial charge on any atom is 0.334 e. The molecule has 0 aromatic heterocycles. The van der Waals surface area contributed by atoms with Crippen LogP contribution in [-0.4, -0.2) is 83.2 Å². The number of likely N-dealkylation sites (N-methyl/N-ethyl adjacent to an activating group) is 1. The molecule has 2 aliphatic heterocycles. The number of benzene rings is 2. The zero-order valence-electron chi connectivity index (χ0n) is 21.3. The van der Waals surface area contributed by atoms with E-state index in [1.165, 1.54) is 11.1 Å². The second-order valence-corrected chi connectivity index (χ2v) is 9.32. The Bertz CT molecular complexity index is 1100. The van der Waals surface area contributed by atoms with Crippen molar-refractivity contribution in [2.75, 3.05) is 33.3 Å². The van der Waals surface area contributed by atoms with E-state index in [9.17, 15) is 18.8 Å². The molecule has 9 nitrogen and oxygen atoms in total. The van der Waals surface area contributed by atoms with Crippen LogP contribution >= 0.6 is 0 Å². The number of hydrogen-bond donors (Lipinski definition) is 1. The second-order valence-electron chi connectivity index (χ2n) is 9.32. The summed E-state index contributed by atoms with van der Waals surface area (Å²) in [5, 5.41) is 6.08. The largest absolute Gasteiger partial charge is 0.375 e. The zero-order chi connectivity index (χ0) is 26.4. The van der Waals surface area contributed by atoms with Crippen LogP contribution in [0.1, 0.15) is 30.9 Å². The molecule has 4 rings (SSSR count). The van der Waals surface area contributed by atoms with Crippen LogP contribution in [-0.2, 0) is 27.5 Å². The van der Waals surface area contributed by atoms with Gasteiger partial charge >= 0.3 is 6.03 Å². The molecule has 2 saturated heterocycles. The molecule has 0 saturated carbocycles. The van der Waals surface area contributed by atoms with Gasteiger partial charge in [-0.3, -0.25) is 9.59 Å². The molecule has 2 aliphatic rings. The van der Waals surface area contributed by atoms with Crippen LogP contribution in [0, 0.1) is 5.82 Å². The van der Waals surface area contributed by atoms with Gasteiger partial charge in [-0.1, -0.05) is 61.9 Å². The minimum absolute atomic E-state index is 0.00843. The molecule has 10 heteroatoms. The highest BCUT2D eigenvalue weighted by atomic mass is 19.1. The highest BCUT2D eigenvalue weighted by molar-refractivity contribution is 5.91. The van der Waals surface area contributed by atoms with Gasteiger partial charge in [0, 0.05) is 25.7 Å². The van der Waals surface area contributed by atoms with Gasteiger partial charge in [0.05, 0.1) is 26.3 Å². The van der Waals surface area contributed by atoms with E-state index in [1.54, 1.807) is 40.1 Å². The van der Waals surface area contributed by atoms with Crippen LogP contribution in [0.25, 0.3) is 0 Å². The number of carbonyl (C=O) groups excluding carboxylic acids is 3. The number of amides is 4. The minimum Gasteiger partial charge on any atom is -0.375 e. The molecule has 0 bridgehead atoms. The monoisotopic (exact) mass is 511 g/mol. The molecule has 0 aliphatic carbocycles. The molecular weight excluding hydrogens is 477 g/mol. The van der Waals surface area contributed by atoms with E-state index < -0.39 is 12.2 Å². The Morgan fingerprint density at radius 2 is 1.84 bits per heavy atom. The number of halogens is 1. The first-order chi connectivity index (χ1) is 17.9. The van der Waals surface area contributed by atoms with E-state index >= 15 is 0 Å². The molecule has 198 valence electrons. The fourth-order valence-corrected chi connectivity index (χ4v) is 4.88. The quantitative estimate of drug-likeness (QED) is 0.523. The summed E-state index contributed by atoms with van der Waals surface area (Å²) in [6, 6.07) is 15.0. The van der Waals surface area contributed by atoms with Gasteiger partial charge in [0.15, 0.2) is 0 Å². The van der Waals surface area contributed by atoms with Gasteiger partial charge < -0.3 is 19.9 Å². The number of piperazine rings is 1. The zero-order valence-corrected chi connectivity index (χ0v) is 21.3. The highest BCUT2D eigenvalue weighted by Gasteiger charge is 2.50. The lowest BCUT2D eigenvalue weighted by Gasteiger charge is -2.54.